The van der Waals surface area contributed by atoms with E-state index in [9.17, 15) is 0 Å². The quantitative estimate of drug-likeness (QED) is 0.224. The van der Waals surface area contributed by atoms with Gasteiger partial charge in [0.2, 0.25) is 0 Å². The molecule has 0 rings (SSSR count). The van der Waals surface area contributed by atoms with Crippen molar-refractivity contribution in [1.29, 1.82) is 0 Å². The van der Waals surface area contributed by atoms with Crippen LogP contribution in [0.5, 0.6) is 0 Å². The van der Waals surface area contributed by atoms with E-state index in [1.54, 1.807) is 7.11 Å². The lowest BCUT2D eigenvalue weighted by Gasteiger charge is -1.99. The molecule has 16 heavy (non-hydrogen) atoms. The molecule has 0 N–H and O–H groups in total. The molecule has 3 heteroatoms. The number of hydrogen-bond acceptors (Lipinski definition) is 2. The van der Waals surface area contributed by atoms with E-state index in [2.05, 4.69) is 12.2 Å². The Balaban J connectivity index is 2.98. The van der Waals surface area contributed by atoms with E-state index in [0.29, 0.717) is 6.79 Å². The van der Waals surface area contributed by atoms with Crippen LogP contribution in [0.2, 0.25) is 0 Å². The molecular formula is C13H25ClO2. The summed E-state index contributed by atoms with van der Waals surface area (Å²) in [6.45, 7) is 1.15. The van der Waals surface area contributed by atoms with Gasteiger partial charge in [0.1, 0.15) is 6.79 Å². The minimum Gasteiger partial charge on any atom is -0.359 e. The maximum Gasteiger partial charge on any atom is 0.146 e. The van der Waals surface area contributed by atoms with E-state index in [1.807, 2.05) is 0 Å². The van der Waals surface area contributed by atoms with Crippen LogP contribution in [0, 0.1) is 0 Å². The van der Waals surface area contributed by atoms with Gasteiger partial charge in [-0.15, -0.1) is 11.6 Å². The molecule has 0 aromatic heterocycles. The second-order valence-electron chi connectivity index (χ2n) is 3.82. The lowest BCUT2D eigenvalue weighted by molar-refractivity contribution is -0.0285. The lowest BCUT2D eigenvalue weighted by Crippen LogP contribution is -1.96. The molecule has 0 aromatic rings. The molecule has 2 nitrogen and oxygen atoms in total. The molecule has 0 atom stereocenters. The zero-order valence-corrected chi connectivity index (χ0v) is 11.2. The maximum absolute atomic E-state index is 5.60. The zero-order valence-electron chi connectivity index (χ0n) is 10.4. The first kappa shape index (κ1) is 16.0. The van der Waals surface area contributed by atoms with Crippen molar-refractivity contribution in [2.75, 3.05) is 26.4 Å². The Bertz CT molecular complexity index is 149. The SMILES string of the molecule is COCOCC/C=C\CCCCCCCCl. The molecule has 0 aliphatic rings. The van der Waals surface area contributed by atoms with Gasteiger partial charge in [-0.1, -0.05) is 31.4 Å². The Morgan fingerprint density at radius 1 is 0.938 bits per heavy atom. The van der Waals surface area contributed by atoms with Crippen LogP contribution in [-0.4, -0.2) is 26.4 Å². The van der Waals surface area contributed by atoms with Gasteiger partial charge in [0.05, 0.1) is 6.61 Å². The zero-order chi connectivity index (χ0) is 11.9. The average Bonchev–Trinajstić information content (AvgIpc) is 2.31. The Labute approximate surface area is 105 Å². The molecule has 0 heterocycles. The van der Waals surface area contributed by atoms with Gasteiger partial charge in [0, 0.05) is 13.0 Å². The van der Waals surface area contributed by atoms with Crippen molar-refractivity contribution < 1.29 is 9.47 Å². The third-order valence-corrected chi connectivity index (χ3v) is 2.57. The predicted octanol–water partition coefficient (Wildman–Crippen LogP) is 4.13. The van der Waals surface area contributed by atoms with Crippen LogP contribution in [0.15, 0.2) is 12.2 Å². The molecule has 0 aromatic carbocycles. The van der Waals surface area contributed by atoms with E-state index < -0.39 is 0 Å². The van der Waals surface area contributed by atoms with Crippen molar-refractivity contribution in [2.45, 2.75) is 44.9 Å². The van der Waals surface area contributed by atoms with E-state index in [1.165, 1.54) is 32.1 Å². The standard InChI is InChI=1S/C13H25ClO2/c1-15-13-16-12-10-8-6-4-2-3-5-7-9-11-14/h6,8H,2-5,7,9-13H2,1H3/b8-6-. The Morgan fingerprint density at radius 3 is 2.38 bits per heavy atom. The van der Waals surface area contributed by atoms with Crippen LogP contribution < -0.4 is 0 Å². The van der Waals surface area contributed by atoms with Crippen LogP contribution >= 0.6 is 11.6 Å². The number of halogens is 1. The Kier molecular flexibility index (Phi) is 14.9. The third-order valence-electron chi connectivity index (χ3n) is 2.30. The topological polar surface area (TPSA) is 18.5 Å². The summed E-state index contributed by atoms with van der Waals surface area (Å²) in [5.74, 6) is 0.807. The first-order chi connectivity index (χ1) is 7.91. The largest absolute Gasteiger partial charge is 0.359 e. The fourth-order valence-corrected chi connectivity index (χ4v) is 1.61. The monoisotopic (exact) mass is 248 g/mol. The normalized spacial score (nSPS) is 11.4. The highest BCUT2D eigenvalue weighted by atomic mass is 35.5. The van der Waals surface area contributed by atoms with Gasteiger partial charge in [-0.05, 0) is 25.7 Å². The van der Waals surface area contributed by atoms with E-state index in [4.69, 9.17) is 21.1 Å². The summed E-state index contributed by atoms with van der Waals surface area (Å²) in [6.07, 6.45) is 13.0. The summed E-state index contributed by atoms with van der Waals surface area (Å²) in [4.78, 5) is 0. The second-order valence-corrected chi connectivity index (χ2v) is 4.20. The average molecular weight is 249 g/mol. The minimum absolute atomic E-state index is 0.397. The van der Waals surface area contributed by atoms with Gasteiger partial charge in [0.15, 0.2) is 0 Å². The highest BCUT2D eigenvalue weighted by Crippen LogP contribution is 2.06. The summed E-state index contributed by atoms with van der Waals surface area (Å²) in [6, 6.07) is 0. The van der Waals surface area contributed by atoms with Gasteiger partial charge < -0.3 is 9.47 Å². The number of alkyl halides is 1. The maximum atomic E-state index is 5.60. The molecule has 0 spiro atoms. The molecule has 0 amide bonds. The van der Waals surface area contributed by atoms with Crippen molar-refractivity contribution in [3.8, 4) is 0 Å². The van der Waals surface area contributed by atoms with Crippen molar-refractivity contribution in [2.24, 2.45) is 0 Å². The number of allylic oxidation sites excluding steroid dienone is 1. The Morgan fingerprint density at radius 2 is 1.62 bits per heavy atom. The molecule has 96 valence electrons. The van der Waals surface area contributed by atoms with Crippen molar-refractivity contribution in [3.63, 3.8) is 0 Å². The highest BCUT2D eigenvalue weighted by molar-refractivity contribution is 6.17. The van der Waals surface area contributed by atoms with Crippen LogP contribution in [0.3, 0.4) is 0 Å². The Hall–Kier alpha value is -0.0500. The highest BCUT2D eigenvalue weighted by Gasteiger charge is 1.88. The van der Waals surface area contributed by atoms with Gasteiger partial charge in [-0.3, -0.25) is 0 Å². The predicted molar refractivity (Wildman–Crippen MR) is 70.0 cm³/mol. The van der Waals surface area contributed by atoms with Crippen LogP contribution in [0.1, 0.15) is 44.9 Å². The molecule has 0 saturated carbocycles. The van der Waals surface area contributed by atoms with Gasteiger partial charge in [0.25, 0.3) is 0 Å². The first-order valence-electron chi connectivity index (χ1n) is 6.19. The molecular weight excluding hydrogens is 224 g/mol. The number of unbranched alkanes of at least 4 members (excludes halogenated alkanes) is 5. The summed E-state index contributed by atoms with van der Waals surface area (Å²) in [5, 5.41) is 0. The van der Waals surface area contributed by atoms with E-state index in [-0.39, 0.29) is 0 Å². The summed E-state index contributed by atoms with van der Waals surface area (Å²) in [7, 11) is 1.64. The van der Waals surface area contributed by atoms with Crippen LogP contribution in [0.25, 0.3) is 0 Å². The molecule has 0 radical (unpaired) electrons. The van der Waals surface area contributed by atoms with Gasteiger partial charge in [-0.25, -0.2) is 0 Å². The summed E-state index contributed by atoms with van der Waals surface area (Å²) >= 11 is 5.60. The van der Waals surface area contributed by atoms with Crippen LogP contribution in [-0.2, 0) is 9.47 Å². The lowest BCUT2D eigenvalue weighted by atomic mass is 10.1. The second kappa shape index (κ2) is 14.9. The summed E-state index contributed by atoms with van der Waals surface area (Å²) < 4.78 is 9.95. The van der Waals surface area contributed by atoms with E-state index >= 15 is 0 Å². The molecule has 0 aliphatic heterocycles. The first-order valence-corrected chi connectivity index (χ1v) is 6.73. The molecule has 0 unspecified atom stereocenters. The summed E-state index contributed by atoms with van der Waals surface area (Å²) in [5.41, 5.74) is 0. The van der Waals surface area contributed by atoms with Crippen molar-refractivity contribution >= 4 is 11.6 Å². The molecule has 0 fully saturated rings. The fourth-order valence-electron chi connectivity index (χ4n) is 1.42. The number of rotatable bonds is 12. The van der Waals surface area contributed by atoms with Gasteiger partial charge in [-0.2, -0.15) is 0 Å². The van der Waals surface area contributed by atoms with Crippen molar-refractivity contribution in [3.05, 3.63) is 12.2 Å². The van der Waals surface area contributed by atoms with Crippen molar-refractivity contribution in [1.82, 2.24) is 0 Å². The number of ether oxygens (including phenoxy) is 2. The third kappa shape index (κ3) is 13.9. The number of methoxy groups -OCH3 is 1. The number of hydrogen-bond donors (Lipinski definition) is 0. The van der Waals surface area contributed by atoms with Crippen LogP contribution in [0.4, 0.5) is 0 Å². The fraction of sp³-hybridized carbons (Fsp3) is 0.846. The van der Waals surface area contributed by atoms with E-state index in [0.717, 1.165) is 25.3 Å². The molecule has 0 bridgehead atoms. The molecule has 0 saturated heterocycles. The smallest absolute Gasteiger partial charge is 0.146 e. The van der Waals surface area contributed by atoms with Gasteiger partial charge >= 0.3 is 0 Å². The minimum atomic E-state index is 0.397. The molecule has 0 aliphatic carbocycles.